The Hall–Kier alpha value is -1.07. The van der Waals surface area contributed by atoms with E-state index in [0.29, 0.717) is 23.1 Å². The zero-order chi connectivity index (χ0) is 11.0. The van der Waals surface area contributed by atoms with Gasteiger partial charge in [-0.25, -0.2) is 0 Å². The Morgan fingerprint density at radius 3 is 2.67 bits per heavy atom. The van der Waals surface area contributed by atoms with Crippen molar-refractivity contribution in [2.75, 3.05) is 13.1 Å². The van der Waals surface area contributed by atoms with Crippen molar-refractivity contribution in [3.8, 4) is 5.75 Å². The number of benzene rings is 1. The average Bonchev–Trinajstić information content (AvgIpc) is 2.16. The van der Waals surface area contributed by atoms with E-state index in [0.717, 1.165) is 0 Å². The predicted octanol–water partition coefficient (Wildman–Crippen LogP) is 0.971. The molecule has 1 aromatic rings. The number of likely N-dealkylation sites (tertiary alicyclic amines) is 1. The van der Waals surface area contributed by atoms with Crippen LogP contribution >= 0.6 is 15.9 Å². The van der Waals surface area contributed by atoms with E-state index in [1.807, 2.05) is 0 Å². The van der Waals surface area contributed by atoms with Crippen LogP contribution in [0.3, 0.4) is 0 Å². The van der Waals surface area contributed by atoms with Crippen LogP contribution in [0.25, 0.3) is 0 Å². The number of halogens is 1. The van der Waals surface area contributed by atoms with Gasteiger partial charge in [0.05, 0.1) is 10.6 Å². The van der Waals surface area contributed by atoms with E-state index in [-0.39, 0.29) is 11.7 Å². The molecule has 15 heavy (non-hydrogen) atoms. The van der Waals surface area contributed by atoms with Crippen LogP contribution in [0.15, 0.2) is 22.7 Å². The Labute approximate surface area is 95.3 Å². The van der Waals surface area contributed by atoms with Crippen molar-refractivity contribution in [3.05, 3.63) is 28.2 Å². The third-order valence-corrected chi connectivity index (χ3v) is 3.01. The summed E-state index contributed by atoms with van der Waals surface area (Å²) in [7, 11) is 0. The van der Waals surface area contributed by atoms with Crippen LogP contribution in [0.2, 0.25) is 0 Å². The normalized spacial score (nSPS) is 16.3. The highest BCUT2D eigenvalue weighted by Crippen LogP contribution is 2.25. The molecule has 2 rings (SSSR count). The van der Waals surface area contributed by atoms with E-state index >= 15 is 0 Å². The summed E-state index contributed by atoms with van der Waals surface area (Å²) in [6.45, 7) is 0.741. The van der Waals surface area contributed by atoms with E-state index in [2.05, 4.69) is 15.9 Å². The molecule has 0 radical (unpaired) electrons. The fraction of sp³-hybridized carbons (Fsp3) is 0.300. The predicted molar refractivity (Wildman–Crippen MR) is 57.7 cm³/mol. The Balaban J connectivity index is 2.16. The number of carbonyl (C=O) groups is 1. The monoisotopic (exact) mass is 271 g/mol. The number of aromatic hydroxyl groups is 1. The number of nitrogens with zero attached hydrogens (tertiary/aromatic N) is 1. The zero-order valence-electron chi connectivity index (χ0n) is 7.85. The molecule has 0 bridgehead atoms. The van der Waals surface area contributed by atoms with Gasteiger partial charge in [0.25, 0.3) is 5.91 Å². The minimum atomic E-state index is -0.405. The van der Waals surface area contributed by atoms with Crippen molar-refractivity contribution in [2.24, 2.45) is 0 Å². The average molecular weight is 272 g/mol. The van der Waals surface area contributed by atoms with Gasteiger partial charge in [-0.1, -0.05) is 0 Å². The lowest BCUT2D eigenvalue weighted by Crippen LogP contribution is -2.53. The SMILES string of the molecule is O=C(c1ccc(Br)c(O)c1)N1CC(O)C1. The fourth-order valence-corrected chi connectivity index (χ4v) is 1.70. The van der Waals surface area contributed by atoms with E-state index in [9.17, 15) is 9.90 Å². The highest BCUT2D eigenvalue weighted by molar-refractivity contribution is 9.10. The topological polar surface area (TPSA) is 60.8 Å². The summed E-state index contributed by atoms with van der Waals surface area (Å²) in [5.41, 5.74) is 0.433. The van der Waals surface area contributed by atoms with Gasteiger partial charge in [-0.05, 0) is 34.1 Å². The lowest BCUT2D eigenvalue weighted by atomic mass is 10.1. The summed E-state index contributed by atoms with van der Waals surface area (Å²) in [6.07, 6.45) is -0.405. The molecule has 1 fully saturated rings. The Kier molecular flexibility index (Phi) is 2.67. The molecular weight excluding hydrogens is 262 g/mol. The Morgan fingerprint density at radius 1 is 1.47 bits per heavy atom. The molecule has 4 nitrogen and oxygen atoms in total. The molecule has 1 saturated heterocycles. The molecule has 1 aromatic carbocycles. The number of aliphatic hydroxyl groups is 1. The van der Waals surface area contributed by atoms with Gasteiger partial charge in [-0.3, -0.25) is 4.79 Å². The molecule has 0 unspecified atom stereocenters. The van der Waals surface area contributed by atoms with Crippen LogP contribution < -0.4 is 0 Å². The lowest BCUT2D eigenvalue weighted by Gasteiger charge is -2.35. The Bertz CT molecular complexity index is 402. The second-order valence-electron chi connectivity index (χ2n) is 3.53. The number of β-amino-alcohol motifs (C(OH)–C–C–N with tert-alkyl or cyclic N) is 1. The van der Waals surface area contributed by atoms with Gasteiger partial charge in [-0.15, -0.1) is 0 Å². The van der Waals surface area contributed by atoms with Crippen molar-refractivity contribution < 1.29 is 15.0 Å². The first-order chi connectivity index (χ1) is 7.08. The summed E-state index contributed by atoms with van der Waals surface area (Å²) >= 11 is 3.14. The maximum Gasteiger partial charge on any atom is 0.254 e. The number of rotatable bonds is 1. The quantitative estimate of drug-likeness (QED) is 0.800. The van der Waals surface area contributed by atoms with Crippen molar-refractivity contribution in [1.29, 1.82) is 0 Å². The summed E-state index contributed by atoms with van der Waals surface area (Å²) in [5, 5.41) is 18.5. The van der Waals surface area contributed by atoms with Crippen molar-refractivity contribution in [2.45, 2.75) is 6.10 Å². The fourth-order valence-electron chi connectivity index (χ4n) is 1.45. The molecule has 1 heterocycles. The molecule has 1 aliphatic rings. The van der Waals surface area contributed by atoms with E-state index < -0.39 is 6.10 Å². The van der Waals surface area contributed by atoms with Crippen molar-refractivity contribution in [3.63, 3.8) is 0 Å². The van der Waals surface area contributed by atoms with Crippen LogP contribution in [0, 0.1) is 0 Å². The number of amides is 1. The van der Waals surface area contributed by atoms with Gasteiger partial charge in [0.2, 0.25) is 0 Å². The van der Waals surface area contributed by atoms with Crippen LogP contribution in [0.4, 0.5) is 0 Å². The minimum Gasteiger partial charge on any atom is -0.507 e. The molecule has 0 saturated carbocycles. The van der Waals surface area contributed by atoms with Crippen LogP contribution in [0.5, 0.6) is 5.75 Å². The first kappa shape index (κ1) is 10.4. The van der Waals surface area contributed by atoms with Crippen molar-refractivity contribution >= 4 is 21.8 Å². The van der Waals surface area contributed by atoms with Gasteiger partial charge in [0, 0.05) is 18.7 Å². The first-order valence-electron chi connectivity index (χ1n) is 4.54. The number of carbonyl (C=O) groups excluding carboxylic acids is 1. The number of phenols is 1. The molecule has 5 heteroatoms. The summed E-state index contributed by atoms with van der Waals surface area (Å²) < 4.78 is 0.558. The summed E-state index contributed by atoms with van der Waals surface area (Å²) in [5.74, 6) is -0.120. The smallest absolute Gasteiger partial charge is 0.254 e. The summed E-state index contributed by atoms with van der Waals surface area (Å²) in [4.78, 5) is 13.3. The summed E-state index contributed by atoms with van der Waals surface area (Å²) in [6, 6.07) is 4.67. The molecular formula is C10H10BrNO3. The first-order valence-corrected chi connectivity index (χ1v) is 5.33. The third kappa shape index (κ3) is 1.98. The maximum absolute atomic E-state index is 11.7. The molecule has 1 aliphatic heterocycles. The molecule has 1 amide bonds. The minimum absolute atomic E-state index is 0.0434. The van der Waals surface area contributed by atoms with Crippen LogP contribution in [-0.4, -0.2) is 40.2 Å². The number of aliphatic hydroxyl groups excluding tert-OH is 1. The van der Waals surface area contributed by atoms with Crippen LogP contribution in [0.1, 0.15) is 10.4 Å². The van der Waals surface area contributed by atoms with E-state index in [1.54, 1.807) is 12.1 Å². The highest BCUT2D eigenvalue weighted by Gasteiger charge is 2.29. The van der Waals surface area contributed by atoms with Gasteiger partial charge in [0.15, 0.2) is 0 Å². The maximum atomic E-state index is 11.7. The van der Waals surface area contributed by atoms with Crippen LogP contribution in [-0.2, 0) is 0 Å². The van der Waals surface area contributed by atoms with Gasteiger partial charge in [-0.2, -0.15) is 0 Å². The second-order valence-corrected chi connectivity index (χ2v) is 4.38. The van der Waals surface area contributed by atoms with Gasteiger partial charge < -0.3 is 15.1 Å². The standard InChI is InChI=1S/C10H10BrNO3/c11-8-2-1-6(3-9(8)14)10(15)12-4-7(13)5-12/h1-3,7,13-14H,4-5H2. The van der Waals surface area contributed by atoms with E-state index in [1.165, 1.54) is 11.0 Å². The molecule has 80 valence electrons. The number of phenolic OH excluding ortho intramolecular Hbond substituents is 1. The van der Waals surface area contributed by atoms with Crippen molar-refractivity contribution in [1.82, 2.24) is 4.90 Å². The molecule has 0 aromatic heterocycles. The molecule has 0 atom stereocenters. The Morgan fingerprint density at radius 2 is 2.13 bits per heavy atom. The second kappa shape index (κ2) is 3.83. The molecule has 2 N–H and O–H groups in total. The van der Waals surface area contributed by atoms with Gasteiger partial charge in [0.1, 0.15) is 5.75 Å². The molecule has 0 spiro atoms. The highest BCUT2D eigenvalue weighted by atomic mass is 79.9. The lowest BCUT2D eigenvalue weighted by molar-refractivity contribution is 0.00588. The van der Waals surface area contributed by atoms with Gasteiger partial charge >= 0.3 is 0 Å². The third-order valence-electron chi connectivity index (χ3n) is 2.34. The van der Waals surface area contributed by atoms with E-state index in [4.69, 9.17) is 5.11 Å². The molecule has 0 aliphatic carbocycles. The number of hydrogen-bond acceptors (Lipinski definition) is 3. The number of hydrogen-bond donors (Lipinski definition) is 2. The largest absolute Gasteiger partial charge is 0.507 e. The zero-order valence-corrected chi connectivity index (χ0v) is 9.44.